The minimum atomic E-state index is -1.49. The van der Waals surface area contributed by atoms with Crippen molar-refractivity contribution in [2.45, 2.75) is 26.9 Å². The van der Waals surface area contributed by atoms with Crippen LogP contribution in [0.4, 0.5) is 13.2 Å². The first kappa shape index (κ1) is 13.7. The number of nitrogens with one attached hydrogen (secondary N) is 1. The molecule has 0 aliphatic rings. The van der Waals surface area contributed by atoms with Gasteiger partial charge in [0, 0.05) is 17.8 Å². The summed E-state index contributed by atoms with van der Waals surface area (Å²) in [5.41, 5.74) is 2.23. The number of aryl methyl sites for hydroxylation is 1. The number of aromatic amines is 1. The van der Waals surface area contributed by atoms with Crippen molar-refractivity contribution in [2.75, 3.05) is 0 Å². The van der Waals surface area contributed by atoms with Gasteiger partial charge >= 0.3 is 0 Å². The number of benzene rings is 1. The Balaban J connectivity index is 2.56. The topological polar surface area (TPSA) is 36.0 Å². The molecule has 2 N–H and O–H groups in total. The highest BCUT2D eigenvalue weighted by atomic mass is 19.1. The SMILES string of the molecule is Cc1[nH]c(C(O)c2c(F)cc(F)cc2F)c(C)c1C. The lowest BCUT2D eigenvalue weighted by molar-refractivity contribution is 0.203. The Kier molecular flexibility index (Phi) is 3.41. The first-order valence-corrected chi connectivity index (χ1v) is 5.81. The summed E-state index contributed by atoms with van der Waals surface area (Å²) in [6.45, 7) is 5.39. The van der Waals surface area contributed by atoms with Gasteiger partial charge in [-0.1, -0.05) is 0 Å². The highest BCUT2D eigenvalue weighted by Gasteiger charge is 2.24. The summed E-state index contributed by atoms with van der Waals surface area (Å²) in [6, 6.07) is 1.11. The molecule has 5 heteroatoms. The van der Waals surface area contributed by atoms with Gasteiger partial charge in [-0.05, 0) is 31.9 Å². The lowest BCUT2D eigenvalue weighted by atomic mass is 10.0. The summed E-state index contributed by atoms with van der Waals surface area (Å²) in [7, 11) is 0. The smallest absolute Gasteiger partial charge is 0.135 e. The van der Waals surface area contributed by atoms with Gasteiger partial charge in [0.1, 0.15) is 23.6 Å². The lowest BCUT2D eigenvalue weighted by Crippen LogP contribution is -2.08. The number of aliphatic hydroxyl groups excluding tert-OH is 1. The van der Waals surface area contributed by atoms with Crippen LogP contribution < -0.4 is 0 Å². The number of aromatic nitrogens is 1. The van der Waals surface area contributed by atoms with Crippen LogP contribution in [0.5, 0.6) is 0 Å². The Labute approximate surface area is 108 Å². The van der Waals surface area contributed by atoms with E-state index >= 15 is 0 Å². The average molecular weight is 269 g/mol. The molecule has 0 fully saturated rings. The van der Waals surface area contributed by atoms with Crippen LogP contribution in [-0.2, 0) is 0 Å². The van der Waals surface area contributed by atoms with Crippen molar-refractivity contribution in [1.29, 1.82) is 0 Å². The molecule has 1 atom stereocenters. The number of hydrogen-bond donors (Lipinski definition) is 2. The molecular weight excluding hydrogens is 255 g/mol. The maximum absolute atomic E-state index is 13.6. The van der Waals surface area contributed by atoms with E-state index in [1.165, 1.54) is 0 Å². The third-order valence-corrected chi connectivity index (χ3v) is 3.44. The molecule has 1 aromatic carbocycles. The third-order valence-electron chi connectivity index (χ3n) is 3.44. The van der Waals surface area contributed by atoms with Crippen LogP contribution in [0.25, 0.3) is 0 Å². The molecule has 0 radical (unpaired) electrons. The zero-order chi connectivity index (χ0) is 14.3. The standard InChI is InChI=1S/C14H14F3NO/c1-6-7(2)13(18-8(6)3)14(19)12-10(16)4-9(15)5-11(12)17/h4-5,14,18-19H,1-3H3. The third kappa shape index (κ3) is 2.26. The van der Waals surface area contributed by atoms with Crippen LogP contribution in [0, 0.1) is 38.2 Å². The van der Waals surface area contributed by atoms with Crippen LogP contribution in [0.15, 0.2) is 12.1 Å². The highest BCUT2D eigenvalue weighted by Crippen LogP contribution is 2.30. The second-order valence-electron chi connectivity index (χ2n) is 4.60. The Morgan fingerprint density at radius 3 is 1.95 bits per heavy atom. The lowest BCUT2D eigenvalue weighted by Gasteiger charge is -2.13. The first-order chi connectivity index (χ1) is 8.82. The van der Waals surface area contributed by atoms with E-state index < -0.39 is 29.1 Å². The molecule has 0 aliphatic carbocycles. The van der Waals surface area contributed by atoms with Gasteiger partial charge in [0.15, 0.2) is 0 Å². The largest absolute Gasteiger partial charge is 0.382 e. The summed E-state index contributed by atoms with van der Waals surface area (Å²) in [5.74, 6) is -3.22. The second-order valence-corrected chi connectivity index (χ2v) is 4.60. The molecule has 0 aliphatic heterocycles. The molecule has 2 aromatic rings. The van der Waals surface area contributed by atoms with Crippen LogP contribution in [0.1, 0.15) is 34.2 Å². The molecule has 19 heavy (non-hydrogen) atoms. The fourth-order valence-corrected chi connectivity index (χ4v) is 2.11. The van der Waals surface area contributed by atoms with Crippen LogP contribution >= 0.6 is 0 Å². The predicted octanol–water partition coefficient (Wildman–Crippen LogP) is 3.44. The fourth-order valence-electron chi connectivity index (χ4n) is 2.11. The quantitative estimate of drug-likeness (QED) is 0.860. The maximum atomic E-state index is 13.6. The van der Waals surface area contributed by atoms with Crippen molar-refractivity contribution in [2.24, 2.45) is 0 Å². The first-order valence-electron chi connectivity index (χ1n) is 5.81. The summed E-state index contributed by atoms with van der Waals surface area (Å²) < 4.78 is 40.1. The van der Waals surface area contributed by atoms with Crippen molar-refractivity contribution < 1.29 is 18.3 Å². The monoisotopic (exact) mass is 269 g/mol. The molecule has 2 rings (SSSR count). The van der Waals surface area contributed by atoms with Gasteiger partial charge in [0.2, 0.25) is 0 Å². The van der Waals surface area contributed by atoms with E-state index in [1.807, 2.05) is 6.92 Å². The van der Waals surface area contributed by atoms with E-state index in [0.717, 1.165) is 16.8 Å². The Morgan fingerprint density at radius 1 is 1.00 bits per heavy atom. The van der Waals surface area contributed by atoms with Crippen molar-refractivity contribution in [1.82, 2.24) is 4.98 Å². The Hall–Kier alpha value is -1.75. The van der Waals surface area contributed by atoms with Crippen LogP contribution in [-0.4, -0.2) is 10.1 Å². The molecule has 1 unspecified atom stereocenters. The molecule has 2 nitrogen and oxygen atoms in total. The van der Waals surface area contributed by atoms with Crippen LogP contribution in [0.3, 0.4) is 0 Å². The van der Waals surface area contributed by atoms with Gasteiger partial charge in [0.05, 0.1) is 11.3 Å². The molecule has 0 bridgehead atoms. The predicted molar refractivity (Wildman–Crippen MR) is 65.4 cm³/mol. The van der Waals surface area contributed by atoms with Gasteiger partial charge in [-0.25, -0.2) is 13.2 Å². The normalized spacial score (nSPS) is 12.8. The zero-order valence-electron chi connectivity index (χ0n) is 10.8. The Bertz CT molecular complexity index is 611. The summed E-state index contributed by atoms with van der Waals surface area (Å²) in [5, 5.41) is 10.1. The summed E-state index contributed by atoms with van der Waals surface area (Å²) >= 11 is 0. The minimum absolute atomic E-state index is 0.319. The van der Waals surface area contributed by atoms with Crippen molar-refractivity contribution in [3.05, 3.63) is 57.7 Å². The molecular formula is C14H14F3NO. The minimum Gasteiger partial charge on any atom is -0.382 e. The van der Waals surface area contributed by atoms with Crippen LogP contribution in [0.2, 0.25) is 0 Å². The highest BCUT2D eigenvalue weighted by molar-refractivity contribution is 5.40. The maximum Gasteiger partial charge on any atom is 0.135 e. The van der Waals surface area contributed by atoms with E-state index in [1.54, 1.807) is 13.8 Å². The fraction of sp³-hybridized carbons (Fsp3) is 0.286. The number of H-pyrrole nitrogens is 1. The molecule has 0 amide bonds. The molecule has 102 valence electrons. The molecule has 1 aromatic heterocycles. The van der Waals surface area contributed by atoms with Gasteiger partial charge in [0.25, 0.3) is 0 Å². The average Bonchev–Trinajstić information content (AvgIpc) is 2.55. The van der Waals surface area contributed by atoms with Gasteiger partial charge in [-0.3, -0.25) is 0 Å². The molecule has 0 saturated heterocycles. The molecule has 1 heterocycles. The summed E-state index contributed by atoms with van der Waals surface area (Å²) in [4.78, 5) is 2.90. The molecule has 0 spiro atoms. The van der Waals surface area contributed by atoms with Crippen molar-refractivity contribution in [3.8, 4) is 0 Å². The summed E-state index contributed by atoms with van der Waals surface area (Å²) in [6.07, 6.45) is -1.49. The molecule has 0 saturated carbocycles. The van der Waals surface area contributed by atoms with Gasteiger partial charge in [-0.15, -0.1) is 0 Å². The number of hydrogen-bond acceptors (Lipinski definition) is 1. The Morgan fingerprint density at radius 2 is 1.53 bits per heavy atom. The van der Waals surface area contributed by atoms with Gasteiger partial charge < -0.3 is 10.1 Å². The van der Waals surface area contributed by atoms with E-state index in [2.05, 4.69) is 4.98 Å². The number of rotatable bonds is 2. The van der Waals surface area contributed by atoms with Crippen molar-refractivity contribution in [3.63, 3.8) is 0 Å². The van der Waals surface area contributed by atoms with E-state index in [9.17, 15) is 18.3 Å². The van der Waals surface area contributed by atoms with E-state index in [0.29, 0.717) is 17.8 Å². The van der Waals surface area contributed by atoms with Gasteiger partial charge in [-0.2, -0.15) is 0 Å². The zero-order valence-corrected chi connectivity index (χ0v) is 10.8. The van der Waals surface area contributed by atoms with Crippen molar-refractivity contribution >= 4 is 0 Å². The number of halogens is 3. The second kappa shape index (κ2) is 4.74. The van der Waals surface area contributed by atoms with E-state index in [-0.39, 0.29) is 0 Å². The van der Waals surface area contributed by atoms with E-state index in [4.69, 9.17) is 0 Å². The number of aliphatic hydroxyl groups is 1.